The van der Waals surface area contributed by atoms with Crippen LogP contribution in [0.15, 0.2) is 12.1 Å². The smallest absolute Gasteiger partial charge is 0.317 e. The van der Waals surface area contributed by atoms with Crippen molar-refractivity contribution in [2.24, 2.45) is 11.5 Å². The Hall–Kier alpha value is -2.65. The molecule has 0 aliphatic heterocycles. The van der Waals surface area contributed by atoms with E-state index in [2.05, 4.69) is 5.32 Å². The van der Waals surface area contributed by atoms with Gasteiger partial charge in [-0.3, -0.25) is 20.2 Å². The van der Waals surface area contributed by atoms with E-state index in [4.69, 9.17) is 23.1 Å². The second kappa shape index (κ2) is 5.77. The molecule has 1 aromatic carbocycles. The summed E-state index contributed by atoms with van der Waals surface area (Å²) in [5.41, 5.74) is 12.6. The van der Waals surface area contributed by atoms with Crippen molar-refractivity contribution >= 4 is 45.6 Å². The average molecular weight is 367 g/mol. The van der Waals surface area contributed by atoms with Crippen LogP contribution in [0.25, 0.3) is 10.4 Å². The average Bonchev–Trinajstić information content (AvgIpc) is 2.83. The standard InChI is InChI=1S/C14H11ClN4O4S/c15-8-3-5-1-2-6-10(12(16)20)13(18-14(17)21)24-11(6)7(5)4-9(8)19(22)23/h3-4H,1-2H2,(H2,16,20)(H3,17,18,21). The highest BCUT2D eigenvalue weighted by Gasteiger charge is 2.29. The lowest BCUT2D eigenvalue weighted by atomic mass is 9.89. The molecule has 124 valence electrons. The summed E-state index contributed by atoms with van der Waals surface area (Å²) in [4.78, 5) is 34.1. The van der Waals surface area contributed by atoms with Crippen LogP contribution in [0.2, 0.25) is 5.02 Å². The van der Waals surface area contributed by atoms with Crippen LogP contribution in [0, 0.1) is 10.1 Å². The zero-order valence-electron chi connectivity index (χ0n) is 12.1. The number of thiophene rings is 1. The van der Waals surface area contributed by atoms with Gasteiger partial charge < -0.3 is 11.5 Å². The molecule has 3 amide bonds. The molecule has 0 saturated carbocycles. The van der Waals surface area contributed by atoms with E-state index in [0.717, 1.165) is 16.9 Å². The number of benzene rings is 1. The maximum atomic E-state index is 11.8. The summed E-state index contributed by atoms with van der Waals surface area (Å²) in [6.07, 6.45) is 1.05. The molecule has 1 aliphatic carbocycles. The number of hydrogen-bond donors (Lipinski definition) is 3. The number of carbonyl (C=O) groups is 2. The molecule has 5 N–H and O–H groups in total. The van der Waals surface area contributed by atoms with Gasteiger partial charge in [0.15, 0.2) is 0 Å². The van der Waals surface area contributed by atoms with Crippen LogP contribution in [0.1, 0.15) is 21.5 Å². The van der Waals surface area contributed by atoms with E-state index >= 15 is 0 Å². The summed E-state index contributed by atoms with van der Waals surface area (Å²) >= 11 is 7.06. The summed E-state index contributed by atoms with van der Waals surface area (Å²) in [5.74, 6) is -0.692. The number of anilines is 1. The van der Waals surface area contributed by atoms with Gasteiger partial charge in [-0.2, -0.15) is 0 Å². The number of primary amides is 2. The minimum atomic E-state index is -0.821. The number of nitrogens with one attached hydrogen (secondary N) is 1. The zero-order valence-corrected chi connectivity index (χ0v) is 13.7. The molecule has 1 aromatic heterocycles. The first-order chi connectivity index (χ1) is 11.3. The van der Waals surface area contributed by atoms with Crippen LogP contribution in [-0.4, -0.2) is 16.9 Å². The first kappa shape index (κ1) is 16.2. The van der Waals surface area contributed by atoms with Crippen LogP contribution in [0.4, 0.5) is 15.5 Å². The van der Waals surface area contributed by atoms with Crippen LogP contribution in [0.3, 0.4) is 0 Å². The Morgan fingerprint density at radius 3 is 2.58 bits per heavy atom. The van der Waals surface area contributed by atoms with Gasteiger partial charge in [-0.15, -0.1) is 11.3 Å². The lowest BCUT2D eigenvalue weighted by Crippen LogP contribution is -2.22. The highest BCUT2D eigenvalue weighted by Crippen LogP contribution is 2.47. The molecule has 0 spiro atoms. The molecule has 10 heteroatoms. The molecule has 0 fully saturated rings. The molecule has 8 nitrogen and oxygen atoms in total. The Bertz CT molecular complexity index is 909. The molecule has 2 aromatic rings. The zero-order chi connectivity index (χ0) is 17.6. The quantitative estimate of drug-likeness (QED) is 0.567. The van der Waals surface area contributed by atoms with Crippen molar-refractivity contribution < 1.29 is 14.5 Å². The molecule has 3 rings (SSSR count). The molecule has 24 heavy (non-hydrogen) atoms. The largest absolute Gasteiger partial charge is 0.365 e. The number of hydrogen-bond acceptors (Lipinski definition) is 5. The summed E-state index contributed by atoms with van der Waals surface area (Å²) < 4.78 is 0. The van der Waals surface area contributed by atoms with Crippen molar-refractivity contribution in [2.45, 2.75) is 12.8 Å². The molecule has 0 atom stereocenters. The van der Waals surface area contributed by atoms with Crippen LogP contribution in [0.5, 0.6) is 0 Å². The molecule has 0 saturated heterocycles. The summed E-state index contributed by atoms with van der Waals surface area (Å²) in [7, 11) is 0. The SMILES string of the molecule is NC(=O)Nc1sc2c(c1C(N)=O)CCc1cc(Cl)c([N+](=O)[O-])cc1-2. The summed E-state index contributed by atoms with van der Waals surface area (Å²) in [6.45, 7) is 0. The van der Waals surface area contributed by atoms with Gasteiger partial charge in [-0.1, -0.05) is 11.6 Å². The maximum absolute atomic E-state index is 11.8. The van der Waals surface area contributed by atoms with Crippen LogP contribution < -0.4 is 16.8 Å². The second-order valence-electron chi connectivity index (χ2n) is 5.19. The third-order valence-electron chi connectivity index (χ3n) is 3.75. The van der Waals surface area contributed by atoms with Gasteiger partial charge in [0.05, 0.1) is 10.5 Å². The van der Waals surface area contributed by atoms with E-state index in [1.807, 2.05) is 0 Å². The highest BCUT2D eigenvalue weighted by atomic mass is 35.5. The minimum absolute atomic E-state index is 0.0596. The number of halogens is 1. The molecule has 0 bridgehead atoms. The fraction of sp³-hybridized carbons (Fsp3) is 0.143. The highest BCUT2D eigenvalue weighted by molar-refractivity contribution is 7.20. The Labute approximate surface area is 144 Å². The van der Waals surface area contributed by atoms with Gasteiger partial charge >= 0.3 is 6.03 Å². The normalized spacial score (nSPS) is 12.2. The van der Waals surface area contributed by atoms with Gasteiger partial charge in [0, 0.05) is 16.5 Å². The number of carbonyl (C=O) groups excluding carboxylic acids is 2. The van der Waals surface area contributed by atoms with Gasteiger partial charge in [0.2, 0.25) is 0 Å². The van der Waals surface area contributed by atoms with Crippen molar-refractivity contribution in [3.05, 3.63) is 44.0 Å². The Morgan fingerprint density at radius 2 is 2.00 bits per heavy atom. The number of nitro benzene ring substituents is 1. The Balaban J connectivity index is 2.25. The Morgan fingerprint density at radius 1 is 1.29 bits per heavy atom. The first-order valence-electron chi connectivity index (χ1n) is 6.78. The summed E-state index contributed by atoms with van der Waals surface area (Å²) in [6, 6.07) is 2.12. The van der Waals surface area contributed by atoms with E-state index in [-0.39, 0.29) is 21.3 Å². The Kier molecular flexibility index (Phi) is 3.90. The molecular weight excluding hydrogens is 356 g/mol. The number of amides is 3. The fourth-order valence-corrected chi connectivity index (χ4v) is 4.37. The molecule has 1 heterocycles. The van der Waals surface area contributed by atoms with Crippen molar-refractivity contribution in [1.29, 1.82) is 0 Å². The predicted octanol–water partition coefficient (Wildman–Crippen LogP) is 2.66. The number of aryl methyl sites for hydroxylation is 1. The third-order valence-corrected chi connectivity index (χ3v) is 5.23. The van der Waals surface area contributed by atoms with E-state index in [1.165, 1.54) is 6.07 Å². The van der Waals surface area contributed by atoms with Crippen LogP contribution in [-0.2, 0) is 12.8 Å². The molecule has 0 unspecified atom stereocenters. The van der Waals surface area contributed by atoms with E-state index in [1.54, 1.807) is 6.07 Å². The fourth-order valence-electron chi connectivity index (χ4n) is 2.80. The lowest BCUT2D eigenvalue weighted by molar-refractivity contribution is -0.384. The number of fused-ring (bicyclic) bond motifs is 3. The molecular formula is C14H11ClN4O4S. The van der Waals surface area contributed by atoms with Gasteiger partial charge in [-0.25, -0.2) is 4.79 Å². The van der Waals surface area contributed by atoms with Crippen molar-refractivity contribution in [1.82, 2.24) is 0 Å². The molecule has 1 aliphatic rings. The maximum Gasteiger partial charge on any atom is 0.317 e. The third kappa shape index (κ3) is 2.57. The predicted molar refractivity (Wildman–Crippen MR) is 90.6 cm³/mol. The van der Waals surface area contributed by atoms with Gasteiger partial charge in [0.25, 0.3) is 11.6 Å². The van der Waals surface area contributed by atoms with Gasteiger partial charge in [-0.05, 0) is 30.0 Å². The summed E-state index contributed by atoms with van der Waals surface area (Å²) in [5, 5.41) is 13.8. The lowest BCUT2D eigenvalue weighted by Gasteiger charge is -2.17. The number of rotatable bonds is 3. The topological polar surface area (TPSA) is 141 Å². The number of urea groups is 1. The number of nitrogens with zero attached hydrogens (tertiary/aromatic N) is 1. The van der Waals surface area contributed by atoms with Crippen molar-refractivity contribution in [2.75, 3.05) is 5.32 Å². The first-order valence-corrected chi connectivity index (χ1v) is 7.98. The van der Waals surface area contributed by atoms with Crippen molar-refractivity contribution in [3.63, 3.8) is 0 Å². The minimum Gasteiger partial charge on any atom is -0.365 e. The van der Waals surface area contributed by atoms with E-state index in [0.29, 0.717) is 28.8 Å². The monoisotopic (exact) mass is 366 g/mol. The van der Waals surface area contributed by atoms with Crippen molar-refractivity contribution in [3.8, 4) is 10.4 Å². The van der Waals surface area contributed by atoms with E-state index < -0.39 is 16.9 Å². The van der Waals surface area contributed by atoms with E-state index in [9.17, 15) is 19.7 Å². The molecule has 0 radical (unpaired) electrons. The van der Waals surface area contributed by atoms with Gasteiger partial charge in [0.1, 0.15) is 10.0 Å². The number of nitro groups is 1. The van der Waals surface area contributed by atoms with Crippen LogP contribution >= 0.6 is 22.9 Å². The second-order valence-corrected chi connectivity index (χ2v) is 6.61. The number of nitrogens with two attached hydrogens (primary N) is 2.